The molecule has 0 aromatic heterocycles. The molecule has 0 unspecified atom stereocenters. The number of rotatable bonds is 23. The molecule has 0 fully saturated rings. The van der Waals surface area contributed by atoms with Crippen molar-refractivity contribution in [3.63, 3.8) is 0 Å². The van der Waals surface area contributed by atoms with Gasteiger partial charge in [0.15, 0.2) is 0 Å². The molecule has 332 valence electrons. The van der Waals surface area contributed by atoms with Gasteiger partial charge in [-0.15, -0.1) is 0 Å². The van der Waals surface area contributed by atoms with Crippen LogP contribution in [0.25, 0.3) is 12.2 Å². The van der Waals surface area contributed by atoms with Crippen molar-refractivity contribution in [1.82, 2.24) is 0 Å². The number of nitriles is 2. The smallest absolute Gasteiger partial charge is 0.343 e. The Labute approximate surface area is 376 Å². The summed E-state index contributed by atoms with van der Waals surface area (Å²) in [7, 11) is 0. The fraction of sp³-hybridized carbons (Fsp3) is 0.200. The summed E-state index contributed by atoms with van der Waals surface area (Å²) in [5.74, 6) is -0.461. The van der Waals surface area contributed by atoms with Gasteiger partial charge >= 0.3 is 23.9 Å². The number of anilines is 3. The highest BCUT2D eigenvalue weighted by Gasteiger charge is 2.14. The Morgan fingerprint density at radius 1 is 0.538 bits per heavy atom. The molecule has 65 heavy (non-hydrogen) atoms. The van der Waals surface area contributed by atoms with Crippen molar-refractivity contribution < 1.29 is 47.6 Å². The second kappa shape index (κ2) is 25.4. The maximum absolute atomic E-state index is 12.6. The molecule has 5 aromatic rings. The average Bonchev–Trinajstić information content (AvgIpc) is 3.31. The fourth-order valence-electron chi connectivity index (χ4n) is 5.83. The topological polar surface area (TPSA) is 227 Å². The highest BCUT2D eigenvalue weighted by molar-refractivity contribution is 5.92. The lowest BCUT2D eigenvalue weighted by Crippen LogP contribution is -2.32. The molecule has 0 saturated heterocycles. The molecule has 15 heteroatoms. The molecule has 5 aromatic carbocycles. The minimum Gasteiger partial charge on any atom is -0.494 e. The lowest BCUT2D eigenvalue weighted by Gasteiger charge is -2.26. The third-order valence-electron chi connectivity index (χ3n) is 9.19. The molecule has 0 saturated carbocycles. The van der Waals surface area contributed by atoms with Crippen LogP contribution in [0.15, 0.2) is 127 Å². The van der Waals surface area contributed by atoms with Crippen LogP contribution >= 0.6 is 0 Å². The Bertz CT molecular complexity index is 2360. The highest BCUT2D eigenvalue weighted by Crippen LogP contribution is 2.26. The number of hydrogen-bond donors (Lipinski definition) is 2. The van der Waals surface area contributed by atoms with Crippen molar-refractivity contribution in [2.24, 2.45) is 0 Å². The predicted molar refractivity (Wildman–Crippen MR) is 244 cm³/mol. The number of nitrogen functional groups attached to an aromatic ring is 2. The molecule has 0 radical (unpaired) electrons. The standard InChI is InChI=1S/C50H47N5O10/c51-27-1-3-31-60-41-20-11-38(12-21-41)49(58)64-43-16-5-36(6-17-43)9-25-47(56)62-33-29-55(46-24-15-40(53)35-45(46)54)30-34-63-48(57)26-10-37-7-18-44(19-8-37)65-50(59)39-13-22-42(23-14-39)61-32-4-2-28-52/h5-26,35H,1-4,29-34,53-54H2/b25-9+,26-10+. The third kappa shape index (κ3) is 16.3. The maximum atomic E-state index is 12.6. The van der Waals surface area contributed by atoms with Crippen LogP contribution in [0.1, 0.15) is 57.5 Å². The number of carbonyl (C=O) groups is 4. The van der Waals surface area contributed by atoms with Crippen molar-refractivity contribution in [2.75, 3.05) is 55.9 Å². The van der Waals surface area contributed by atoms with Gasteiger partial charge in [0, 0.05) is 30.7 Å². The first-order chi connectivity index (χ1) is 31.6. The van der Waals surface area contributed by atoms with E-state index in [0.717, 1.165) is 0 Å². The molecule has 15 nitrogen and oxygen atoms in total. The lowest BCUT2D eigenvalue weighted by atomic mass is 10.2. The summed E-state index contributed by atoms with van der Waals surface area (Å²) in [5.41, 5.74) is 15.7. The SMILES string of the molecule is N#CCCCOc1ccc(C(=O)Oc2ccc(/C=C/C(=O)OCCN(CCOC(=O)/C=C/c3ccc(OC(=O)c4ccc(OCCCC#N)cc4)cc3)c3ccc(N)cc3N)cc2)cc1. The molecule has 4 N–H and O–H groups in total. The number of nitrogens with zero attached hydrogens (tertiary/aromatic N) is 3. The summed E-state index contributed by atoms with van der Waals surface area (Å²) in [4.78, 5) is 52.3. The van der Waals surface area contributed by atoms with Gasteiger partial charge in [-0.1, -0.05) is 24.3 Å². The van der Waals surface area contributed by atoms with Crippen LogP contribution in [0.4, 0.5) is 17.1 Å². The van der Waals surface area contributed by atoms with E-state index in [4.69, 9.17) is 50.4 Å². The zero-order valence-electron chi connectivity index (χ0n) is 35.4. The molecule has 5 rings (SSSR count). The molecule has 0 aliphatic heterocycles. The number of nitrogens with two attached hydrogens (primary N) is 2. The first-order valence-electron chi connectivity index (χ1n) is 20.5. The number of ether oxygens (including phenoxy) is 6. The zero-order valence-corrected chi connectivity index (χ0v) is 35.4. The van der Waals surface area contributed by atoms with Crippen LogP contribution in [-0.2, 0) is 19.1 Å². The minimum absolute atomic E-state index is 0.0123. The summed E-state index contributed by atoms with van der Waals surface area (Å²) in [6.45, 7) is 1.23. The number of benzene rings is 5. The van der Waals surface area contributed by atoms with E-state index >= 15 is 0 Å². The number of esters is 4. The zero-order chi connectivity index (χ0) is 46.2. The third-order valence-corrected chi connectivity index (χ3v) is 9.19. The van der Waals surface area contributed by atoms with E-state index < -0.39 is 23.9 Å². The maximum Gasteiger partial charge on any atom is 0.343 e. The van der Waals surface area contributed by atoms with Crippen molar-refractivity contribution in [2.45, 2.75) is 25.7 Å². The van der Waals surface area contributed by atoms with Crippen LogP contribution in [0.5, 0.6) is 23.0 Å². The summed E-state index contributed by atoms with van der Waals surface area (Å²) < 4.78 is 32.9. The van der Waals surface area contributed by atoms with Gasteiger partial charge in [-0.25, -0.2) is 19.2 Å². The number of carbonyl (C=O) groups excluding carboxylic acids is 4. The van der Waals surface area contributed by atoms with Gasteiger partial charge in [-0.3, -0.25) is 0 Å². The van der Waals surface area contributed by atoms with E-state index in [1.807, 2.05) is 4.90 Å². The molecule has 0 atom stereocenters. The highest BCUT2D eigenvalue weighted by atomic mass is 16.5. The Balaban J connectivity index is 1.04. The normalized spacial score (nSPS) is 10.7. The van der Waals surface area contributed by atoms with E-state index in [2.05, 4.69) is 12.1 Å². The van der Waals surface area contributed by atoms with E-state index in [9.17, 15) is 19.2 Å². The van der Waals surface area contributed by atoms with Gasteiger partial charge in [0.1, 0.15) is 36.2 Å². The second-order valence-electron chi connectivity index (χ2n) is 14.0. The quantitative estimate of drug-likeness (QED) is 0.0208. The van der Waals surface area contributed by atoms with Gasteiger partial charge in [-0.05, 0) is 127 Å². The predicted octanol–water partition coefficient (Wildman–Crippen LogP) is 7.97. The molecular weight excluding hydrogens is 831 g/mol. The van der Waals surface area contributed by atoms with Gasteiger partial charge in [-0.2, -0.15) is 10.5 Å². The van der Waals surface area contributed by atoms with E-state index in [1.165, 1.54) is 12.2 Å². The number of hydrogen-bond acceptors (Lipinski definition) is 15. The second-order valence-corrected chi connectivity index (χ2v) is 14.0. The van der Waals surface area contributed by atoms with Gasteiger partial charge in [0.25, 0.3) is 0 Å². The summed E-state index contributed by atoms with van der Waals surface area (Å²) in [5, 5.41) is 17.3. The number of unbranched alkanes of at least 4 members (excludes halogenated alkanes) is 2. The van der Waals surface area contributed by atoms with Crippen molar-refractivity contribution in [1.29, 1.82) is 10.5 Å². The largest absolute Gasteiger partial charge is 0.494 e. The van der Waals surface area contributed by atoms with E-state index in [-0.39, 0.29) is 26.3 Å². The average molecular weight is 878 g/mol. The van der Waals surface area contributed by atoms with Crippen molar-refractivity contribution in [3.05, 3.63) is 150 Å². The van der Waals surface area contributed by atoms with E-state index in [1.54, 1.807) is 127 Å². The van der Waals surface area contributed by atoms with Crippen molar-refractivity contribution >= 4 is 53.1 Å². The Morgan fingerprint density at radius 3 is 1.35 bits per heavy atom. The van der Waals surface area contributed by atoms with Crippen LogP contribution < -0.4 is 35.3 Å². The van der Waals surface area contributed by atoms with Crippen LogP contribution in [0.2, 0.25) is 0 Å². The summed E-state index contributed by atoms with van der Waals surface area (Å²) in [6, 6.07) is 35.3. The fourth-order valence-corrected chi connectivity index (χ4v) is 5.83. The van der Waals surface area contributed by atoms with Gasteiger partial charge in [0.05, 0.1) is 60.9 Å². The molecule has 0 spiro atoms. The Kier molecular flexibility index (Phi) is 18.6. The van der Waals surface area contributed by atoms with Crippen LogP contribution in [0.3, 0.4) is 0 Å². The van der Waals surface area contributed by atoms with Gasteiger partial charge < -0.3 is 44.8 Å². The summed E-state index contributed by atoms with van der Waals surface area (Å²) in [6.07, 6.45) is 7.73. The molecule has 0 heterocycles. The Hall–Kier alpha value is -8.56. The van der Waals surface area contributed by atoms with Crippen LogP contribution in [0, 0.1) is 22.7 Å². The van der Waals surface area contributed by atoms with E-state index in [0.29, 0.717) is 101 Å². The lowest BCUT2D eigenvalue weighted by molar-refractivity contribution is -0.137. The molecule has 0 amide bonds. The van der Waals surface area contributed by atoms with Crippen molar-refractivity contribution in [3.8, 4) is 35.1 Å². The Morgan fingerprint density at radius 2 is 0.954 bits per heavy atom. The minimum atomic E-state index is -0.591. The molecule has 0 bridgehead atoms. The van der Waals surface area contributed by atoms with Gasteiger partial charge in [0.2, 0.25) is 0 Å². The first-order valence-corrected chi connectivity index (χ1v) is 20.5. The molecule has 0 aliphatic carbocycles. The summed E-state index contributed by atoms with van der Waals surface area (Å²) >= 11 is 0. The van der Waals surface area contributed by atoms with Crippen LogP contribution in [-0.4, -0.2) is 63.4 Å². The molecule has 0 aliphatic rings. The molecular formula is C50H47N5O10. The first kappa shape index (κ1) is 47.5. The monoisotopic (exact) mass is 877 g/mol.